The third-order valence-corrected chi connectivity index (χ3v) is 4.05. The molecular weight excluding hydrogens is 388 g/mol. The minimum atomic E-state index is -1.30. The van der Waals surface area contributed by atoms with E-state index >= 15 is 0 Å². The molecule has 1 aromatic heterocycles. The van der Waals surface area contributed by atoms with E-state index in [1.165, 1.54) is 12.1 Å². The molecule has 0 saturated heterocycles. The molecular formula is C21H18N4O5. The lowest BCUT2D eigenvalue weighted by Gasteiger charge is -2.10. The highest BCUT2D eigenvalue weighted by Gasteiger charge is 2.14. The molecule has 0 aliphatic rings. The van der Waals surface area contributed by atoms with E-state index in [0.717, 1.165) is 17.5 Å². The molecule has 2 aromatic carbocycles. The molecule has 3 aromatic rings. The molecule has 9 nitrogen and oxygen atoms in total. The van der Waals surface area contributed by atoms with Gasteiger partial charge in [-0.05, 0) is 56.3 Å². The van der Waals surface area contributed by atoms with Crippen LogP contribution < -0.4 is 10.6 Å². The minimum absolute atomic E-state index is 0.0632. The van der Waals surface area contributed by atoms with Crippen LogP contribution in [-0.4, -0.2) is 38.0 Å². The number of hydrogen-bond acceptors (Lipinski definition) is 6. The summed E-state index contributed by atoms with van der Waals surface area (Å²) in [6, 6.07) is 11.8. The molecule has 0 fully saturated rings. The number of benzene rings is 2. The standard InChI is InChI=1S/C21H18N4O5/c1-11-6-12(2)23-21(22-11)25-16-5-3-4-13(8-16)18(26)24-17-9-14(19(27)28)7-15(10-17)20(29)30/h3-10H,1-2H3,(H,24,26)(H,27,28)(H,29,30)(H,22,23,25). The van der Waals surface area contributed by atoms with Crippen LogP contribution in [-0.2, 0) is 0 Å². The first-order chi connectivity index (χ1) is 14.2. The van der Waals surface area contributed by atoms with Crippen LogP contribution in [0.15, 0.2) is 48.5 Å². The predicted molar refractivity (Wildman–Crippen MR) is 110 cm³/mol. The van der Waals surface area contributed by atoms with Gasteiger partial charge in [0.2, 0.25) is 5.95 Å². The number of rotatable bonds is 6. The fourth-order valence-electron chi connectivity index (χ4n) is 2.80. The number of carboxylic acids is 2. The van der Waals surface area contributed by atoms with Gasteiger partial charge in [0.15, 0.2) is 0 Å². The summed E-state index contributed by atoms with van der Waals surface area (Å²) < 4.78 is 0. The molecule has 0 radical (unpaired) electrons. The Morgan fingerprint density at radius 1 is 0.767 bits per heavy atom. The highest BCUT2D eigenvalue weighted by atomic mass is 16.4. The zero-order chi connectivity index (χ0) is 21.8. The van der Waals surface area contributed by atoms with Gasteiger partial charge in [-0.15, -0.1) is 0 Å². The SMILES string of the molecule is Cc1cc(C)nc(Nc2cccc(C(=O)Nc3cc(C(=O)O)cc(C(=O)O)c3)c2)n1. The molecule has 0 atom stereocenters. The third kappa shape index (κ3) is 4.96. The number of carbonyl (C=O) groups excluding carboxylic acids is 1. The molecule has 0 bridgehead atoms. The number of aryl methyl sites for hydroxylation is 2. The lowest BCUT2D eigenvalue weighted by Crippen LogP contribution is -2.14. The molecule has 9 heteroatoms. The Labute approximate surface area is 171 Å². The Kier molecular flexibility index (Phi) is 5.73. The minimum Gasteiger partial charge on any atom is -0.478 e. The zero-order valence-electron chi connectivity index (χ0n) is 16.1. The number of nitrogens with one attached hydrogen (secondary N) is 2. The number of anilines is 3. The first-order valence-electron chi connectivity index (χ1n) is 8.83. The van der Waals surface area contributed by atoms with Crippen molar-refractivity contribution in [1.29, 1.82) is 0 Å². The van der Waals surface area contributed by atoms with E-state index in [2.05, 4.69) is 20.6 Å². The predicted octanol–water partition coefficient (Wildman–Crippen LogP) is 3.49. The largest absolute Gasteiger partial charge is 0.478 e. The van der Waals surface area contributed by atoms with Gasteiger partial charge in [-0.3, -0.25) is 4.79 Å². The first-order valence-corrected chi connectivity index (χ1v) is 8.83. The van der Waals surface area contributed by atoms with E-state index in [9.17, 15) is 14.4 Å². The van der Waals surface area contributed by atoms with Gasteiger partial charge < -0.3 is 20.8 Å². The smallest absolute Gasteiger partial charge is 0.335 e. The molecule has 0 spiro atoms. The summed E-state index contributed by atoms with van der Waals surface area (Å²) in [6.45, 7) is 3.70. The van der Waals surface area contributed by atoms with Crippen LogP contribution in [0.5, 0.6) is 0 Å². The van der Waals surface area contributed by atoms with Crippen molar-refractivity contribution >= 4 is 35.2 Å². The van der Waals surface area contributed by atoms with Crippen molar-refractivity contribution < 1.29 is 24.6 Å². The van der Waals surface area contributed by atoms with Crippen molar-refractivity contribution in [3.8, 4) is 0 Å². The van der Waals surface area contributed by atoms with Gasteiger partial charge in [-0.1, -0.05) is 6.07 Å². The van der Waals surface area contributed by atoms with Crippen LogP contribution in [0.3, 0.4) is 0 Å². The Hall–Kier alpha value is -4.27. The molecule has 0 aliphatic carbocycles. The van der Waals surface area contributed by atoms with Crippen LogP contribution in [0.25, 0.3) is 0 Å². The van der Waals surface area contributed by atoms with Crippen LogP contribution in [0.4, 0.5) is 17.3 Å². The van der Waals surface area contributed by atoms with Gasteiger partial charge in [0.05, 0.1) is 11.1 Å². The summed E-state index contributed by atoms with van der Waals surface area (Å²) in [5, 5.41) is 23.9. The van der Waals surface area contributed by atoms with E-state index in [0.29, 0.717) is 11.6 Å². The average Bonchev–Trinajstić information content (AvgIpc) is 2.67. The fraction of sp³-hybridized carbons (Fsp3) is 0.0952. The summed E-state index contributed by atoms with van der Waals surface area (Å²) in [7, 11) is 0. The number of hydrogen-bond donors (Lipinski definition) is 4. The normalized spacial score (nSPS) is 10.3. The van der Waals surface area contributed by atoms with E-state index < -0.39 is 17.8 Å². The van der Waals surface area contributed by atoms with Crippen molar-refractivity contribution in [3.63, 3.8) is 0 Å². The lowest BCUT2D eigenvalue weighted by molar-refractivity contribution is 0.0696. The molecule has 30 heavy (non-hydrogen) atoms. The maximum atomic E-state index is 12.6. The van der Waals surface area contributed by atoms with Gasteiger partial charge in [0.1, 0.15) is 0 Å². The first kappa shape index (κ1) is 20.5. The van der Waals surface area contributed by atoms with E-state index in [4.69, 9.17) is 10.2 Å². The molecule has 0 saturated carbocycles. The Bertz CT molecular complexity index is 1110. The van der Waals surface area contributed by atoms with E-state index in [1.54, 1.807) is 24.3 Å². The van der Waals surface area contributed by atoms with Crippen LogP contribution in [0.1, 0.15) is 42.5 Å². The average molecular weight is 406 g/mol. The van der Waals surface area contributed by atoms with Crippen LogP contribution in [0.2, 0.25) is 0 Å². The number of aromatic carboxylic acids is 2. The van der Waals surface area contributed by atoms with Gasteiger partial charge in [-0.2, -0.15) is 0 Å². The number of aromatic nitrogens is 2. The zero-order valence-corrected chi connectivity index (χ0v) is 16.1. The Morgan fingerprint density at radius 2 is 1.33 bits per heavy atom. The quantitative estimate of drug-likeness (QED) is 0.487. The van der Waals surface area contributed by atoms with Gasteiger partial charge in [-0.25, -0.2) is 19.6 Å². The third-order valence-electron chi connectivity index (χ3n) is 4.05. The molecule has 152 valence electrons. The lowest BCUT2D eigenvalue weighted by atomic mass is 10.1. The summed E-state index contributed by atoms with van der Waals surface area (Å²) in [6.07, 6.45) is 0. The van der Waals surface area contributed by atoms with Crippen molar-refractivity contribution in [2.45, 2.75) is 13.8 Å². The maximum Gasteiger partial charge on any atom is 0.335 e. The number of amides is 1. The van der Waals surface area contributed by atoms with Gasteiger partial charge in [0.25, 0.3) is 5.91 Å². The second kappa shape index (κ2) is 8.39. The van der Waals surface area contributed by atoms with Gasteiger partial charge >= 0.3 is 11.9 Å². The maximum absolute atomic E-state index is 12.6. The molecule has 0 aliphatic heterocycles. The molecule has 0 unspecified atom stereocenters. The Balaban J connectivity index is 1.83. The van der Waals surface area contributed by atoms with Crippen molar-refractivity contribution in [2.24, 2.45) is 0 Å². The van der Waals surface area contributed by atoms with Crippen molar-refractivity contribution in [3.05, 3.63) is 76.6 Å². The van der Waals surface area contributed by atoms with Gasteiger partial charge in [0, 0.05) is 28.3 Å². The molecule has 1 amide bonds. The topological polar surface area (TPSA) is 142 Å². The second-order valence-corrected chi connectivity index (χ2v) is 6.54. The van der Waals surface area contributed by atoms with Crippen molar-refractivity contribution in [2.75, 3.05) is 10.6 Å². The van der Waals surface area contributed by atoms with Crippen molar-refractivity contribution in [1.82, 2.24) is 9.97 Å². The summed E-state index contributed by atoms with van der Waals surface area (Å²) in [5.41, 5.74) is 2.03. The van der Waals surface area contributed by atoms with Crippen LogP contribution >= 0.6 is 0 Å². The number of nitrogens with zero attached hydrogens (tertiary/aromatic N) is 2. The second-order valence-electron chi connectivity index (χ2n) is 6.54. The molecule has 3 rings (SSSR count). The van der Waals surface area contributed by atoms with Crippen LogP contribution in [0, 0.1) is 13.8 Å². The molecule has 4 N–H and O–H groups in total. The summed E-state index contributed by atoms with van der Waals surface area (Å²) in [4.78, 5) is 43.7. The Morgan fingerprint density at radius 3 is 1.90 bits per heavy atom. The highest BCUT2D eigenvalue weighted by Crippen LogP contribution is 2.19. The summed E-state index contributed by atoms with van der Waals surface area (Å²) in [5.74, 6) is -2.73. The monoisotopic (exact) mass is 406 g/mol. The van der Waals surface area contributed by atoms with E-state index in [-0.39, 0.29) is 22.4 Å². The molecule has 1 heterocycles. The van der Waals surface area contributed by atoms with E-state index in [1.807, 2.05) is 19.9 Å². The highest BCUT2D eigenvalue weighted by molar-refractivity contribution is 6.06. The number of carbonyl (C=O) groups is 3. The number of carboxylic acid groups (broad SMARTS) is 2. The fourth-order valence-corrected chi connectivity index (χ4v) is 2.80. The summed E-state index contributed by atoms with van der Waals surface area (Å²) >= 11 is 0.